The van der Waals surface area contributed by atoms with Gasteiger partial charge in [-0.1, -0.05) is 11.6 Å². The Morgan fingerprint density at radius 3 is 2.94 bits per heavy atom. The Morgan fingerprint density at radius 2 is 2.22 bits per heavy atom. The van der Waals surface area contributed by atoms with Gasteiger partial charge in [-0.15, -0.1) is 0 Å². The third-order valence-corrected chi connectivity index (χ3v) is 3.66. The zero-order valence-electron chi connectivity index (χ0n) is 10.1. The highest BCUT2D eigenvalue weighted by Gasteiger charge is 2.07. The van der Waals surface area contributed by atoms with Gasteiger partial charge in [-0.2, -0.15) is 0 Å². The van der Waals surface area contributed by atoms with Crippen molar-refractivity contribution in [3.05, 3.63) is 51.9 Å². The van der Waals surface area contributed by atoms with E-state index in [-0.39, 0.29) is 0 Å². The molecule has 0 aliphatic carbocycles. The summed E-state index contributed by atoms with van der Waals surface area (Å²) < 4.78 is 6.34. The number of benzene rings is 1. The molecule has 0 aliphatic rings. The van der Waals surface area contributed by atoms with Crippen LogP contribution >= 0.6 is 27.5 Å². The average Bonchev–Trinajstić information content (AvgIpc) is 2.84. The molecule has 2 nitrogen and oxygen atoms in total. The van der Waals surface area contributed by atoms with Crippen LogP contribution in [-0.4, -0.2) is 6.04 Å². The Morgan fingerprint density at radius 1 is 1.39 bits per heavy atom. The van der Waals surface area contributed by atoms with Gasteiger partial charge in [0.2, 0.25) is 0 Å². The maximum atomic E-state index is 5.98. The molecule has 0 bridgehead atoms. The Bertz CT molecular complexity index is 499. The first-order valence-corrected chi connectivity index (χ1v) is 7.06. The lowest BCUT2D eigenvalue weighted by molar-refractivity contribution is 0.495. The molecule has 1 unspecified atom stereocenters. The number of rotatable bonds is 5. The molecule has 2 rings (SSSR count). The second-order valence-corrected chi connectivity index (χ2v) is 5.58. The van der Waals surface area contributed by atoms with Crippen LogP contribution in [0.3, 0.4) is 0 Å². The average molecular weight is 329 g/mol. The van der Waals surface area contributed by atoms with Crippen molar-refractivity contribution in [1.29, 1.82) is 0 Å². The molecule has 96 valence electrons. The molecule has 0 saturated carbocycles. The number of hydrogen-bond acceptors (Lipinski definition) is 2. The number of aryl methyl sites for hydroxylation is 1. The normalized spacial score (nSPS) is 12.4. The summed E-state index contributed by atoms with van der Waals surface area (Å²) in [5.74, 6) is 1.02. The first-order valence-electron chi connectivity index (χ1n) is 5.89. The second-order valence-electron chi connectivity index (χ2n) is 4.29. The second kappa shape index (κ2) is 6.30. The molecule has 0 fully saturated rings. The molecule has 1 atom stereocenters. The van der Waals surface area contributed by atoms with Gasteiger partial charge in [0.1, 0.15) is 5.76 Å². The Hall–Kier alpha value is -0.930. The molecule has 18 heavy (non-hydrogen) atoms. The van der Waals surface area contributed by atoms with Crippen LogP contribution in [-0.2, 0) is 6.42 Å². The van der Waals surface area contributed by atoms with Gasteiger partial charge in [-0.3, -0.25) is 0 Å². The molecular weight excluding hydrogens is 314 g/mol. The van der Waals surface area contributed by atoms with Crippen LogP contribution in [0, 0.1) is 0 Å². The molecule has 0 saturated heterocycles. The lowest BCUT2D eigenvalue weighted by Crippen LogP contribution is -2.16. The molecule has 4 heteroatoms. The van der Waals surface area contributed by atoms with Crippen molar-refractivity contribution < 1.29 is 4.42 Å². The summed E-state index contributed by atoms with van der Waals surface area (Å²) in [5.41, 5.74) is 1.02. The molecule has 1 aromatic carbocycles. The number of halogens is 2. The van der Waals surface area contributed by atoms with Crippen LogP contribution in [0.1, 0.15) is 19.1 Å². The minimum atomic E-state index is 0.352. The van der Waals surface area contributed by atoms with Crippen LogP contribution in [0.5, 0.6) is 0 Å². The highest BCUT2D eigenvalue weighted by atomic mass is 79.9. The lowest BCUT2D eigenvalue weighted by Gasteiger charge is -2.16. The molecular formula is C14H15BrClNO. The van der Waals surface area contributed by atoms with E-state index in [0.29, 0.717) is 6.04 Å². The molecule has 2 aromatic rings. The Labute approximate surface area is 120 Å². The van der Waals surface area contributed by atoms with Crippen LogP contribution in [0.15, 0.2) is 45.5 Å². The van der Waals surface area contributed by atoms with E-state index in [1.165, 1.54) is 0 Å². The maximum Gasteiger partial charge on any atom is 0.103 e. The third kappa shape index (κ3) is 3.79. The fraction of sp³-hybridized carbons (Fsp3) is 0.286. The number of furan rings is 1. The molecule has 0 radical (unpaired) electrons. The molecule has 0 aliphatic heterocycles. The van der Waals surface area contributed by atoms with Gasteiger partial charge in [0.25, 0.3) is 0 Å². The Balaban J connectivity index is 1.90. The summed E-state index contributed by atoms with van der Waals surface area (Å²) in [4.78, 5) is 0. The van der Waals surface area contributed by atoms with E-state index in [1.807, 2.05) is 30.3 Å². The van der Waals surface area contributed by atoms with E-state index < -0.39 is 0 Å². The minimum absolute atomic E-state index is 0.352. The van der Waals surface area contributed by atoms with Crippen LogP contribution in [0.25, 0.3) is 0 Å². The first kappa shape index (κ1) is 13.5. The van der Waals surface area contributed by atoms with E-state index in [4.69, 9.17) is 16.0 Å². The predicted octanol–water partition coefficient (Wildman–Crippen LogP) is 5.13. The SMILES string of the molecule is CC(CCc1ccco1)Nc1cc(Cl)ccc1Br. The summed E-state index contributed by atoms with van der Waals surface area (Å²) in [7, 11) is 0. The van der Waals surface area contributed by atoms with E-state index in [9.17, 15) is 0 Å². The van der Waals surface area contributed by atoms with Crippen molar-refractivity contribution in [1.82, 2.24) is 0 Å². The zero-order valence-corrected chi connectivity index (χ0v) is 12.5. The summed E-state index contributed by atoms with van der Waals surface area (Å²) in [6.07, 6.45) is 3.65. The van der Waals surface area contributed by atoms with Gasteiger partial charge in [0.15, 0.2) is 0 Å². The van der Waals surface area contributed by atoms with Crippen LogP contribution in [0.4, 0.5) is 5.69 Å². The van der Waals surface area contributed by atoms with Crippen LogP contribution in [0.2, 0.25) is 5.02 Å². The Kier molecular flexibility index (Phi) is 4.72. The quantitative estimate of drug-likeness (QED) is 0.823. The summed E-state index contributed by atoms with van der Waals surface area (Å²) in [5, 5.41) is 4.18. The van der Waals surface area contributed by atoms with Gasteiger partial charge in [0, 0.05) is 22.0 Å². The summed E-state index contributed by atoms with van der Waals surface area (Å²) in [6.45, 7) is 2.15. The topological polar surface area (TPSA) is 25.2 Å². The van der Waals surface area contributed by atoms with E-state index in [1.54, 1.807) is 6.26 Å². The zero-order chi connectivity index (χ0) is 13.0. The van der Waals surface area contributed by atoms with Crippen molar-refractivity contribution >= 4 is 33.2 Å². The van der Waals surface area contributed by atoms with Crippen molar-refractivity contribution in [3.8, 4) is 0 Å². The number of hydrogen-bond donors (Lipinski definition) is 1. The van der Waals surface area contributed by atoms with E-state index >= 15 is 0 Å². The van der Waals surface area contributed by atoms with Gasteiger partial charge < -0.3 is 9.73 Å². The van der Waals surface area contributed by atoms with Gasteiger partial charge in [0.05, 0.1) is 12.0 Å². The van der Waals surface area contributed by atoms with Crippen molar-refractivity contribution in [2.75, 3.05) is 5.32 Å². The third-order valence-electron chi connectivity index (χ3n) is 2.73. The fourth-order valence-electron chi connectivity index (χ4n) is 1.76. The number of nitrogens with one attached hydrogen (secondary N) is 1. The van der Waals surface area contributed by atoms with Gasteiger partial charge in [-0.25, -0.2) is 0 Å². The first-order chi connectivity index (χ1) is 8.65. The fourth-order valence-corrected chi connectivity index (χ4v) is 2.29. The molecule has 1 N–H and O–H groups in total. The molecule has 0 spiro atoms. The summed E-state index contributed by atoms with van der Waals surface area (Å²) >= 11 is 9.49. The molecule has 0 amide bonds. The maximum absolute atomic E-state index is 5.98. The largest absolute Gasteiger partial charge is 0.469 e. The van der Waals surface area contributed by atoms with Crippen LogP contribution < -0.4 is 5.32 Å². The highest BCUT2D eigenvalue weighted by molar-refractivity contribution is 9.10. The predicted molar refractivity (Wildman–Crippen MR) is 79.3 cm³/mol. The van der Waals surface area contributed by atoms with E-state index in [2.05, 4.69) is 28.2 Å². The van der Waals surface area contributed by atoms with Gasteiger partial charge >= 0.3 is 0 Å². The van der Waals surface area contributed by atoms with Crippen molar-refractivity contribution in [2.24, 2.45) is 0 Å². The number of anilines is 1. The smallest absolute Gasteiger partial charge is 0.103 e. The van der Waals surface area contributed by atoms with E-state index in [0.717, 1.165) is 33.8 Å². The monoisotopic (exact) mass is 327 g/mol. The minimum Gasteiger partial charge on any atom is -0.469 e. The molecule has 1 aromatic heterocycles. The standard InChI is InChI=1S/C14H15BrClNO/c1-10(4-6-12-3-2-8-18-12)17-14-9-11(16)5-7-13(14)15/h2-3,5,7-10,17H,4,6H2,1H3. The van der Waals surface area contributed by atoms with Gasteiger partial charge in [-0.05, 0) is 59.6 Å². The van der Waals surface area contributed by atoms with Crippen molar-refractivity contribution in [3.63, 3.8) is 0 Å². The molecule has 1 heterocycles. The summed E-state index contributed by atoms with van der Waals surface area (Å²) in [6, 6.07) is 10.0. The van der Waals surface area contributed by atoms with Crippen molar-refractivity contribution in [2.45, 2.75) is 25.8 Å². The highest BCUT2D eigenvalue weighted by Crippen LogP contribution is 2.26. The lowest BCUT2D eigenvalue weighted by atomic mass is 10.1.